The standard InChI is InChI=1S/C34H24ClFN2O2S/c35-25-13-8-21(9-14-25)20-40-27-6-3-4-22(18-27)19-30-33(39)38-32(24-10-15-26(36)16-11-24)29-17-12-23-5-1-2-7-28(23)31(29)37-34(38)41-30/h1-11,13-16,18-19,32H,12,17,20H2/b30-19-/t32-/m1/s1. The molecular weight excluding hydrogens is 555 g/mol. The van der Waals surface area contributed by atoms with Crippen molar-refractivity contribution in [3.63, 3.8) is 0 Å². The minimum atomic E-state index is -0.341. The molecule has 202 valence electrons. The number of thiazole rings is 1. The van der Waals surface area contributed by atoms with E-state index in [4.69, 9.17) is 21.3 Å². The fraction of sp³-hybridized carbons (Fsp3) is 0.118. The normalized spacial score (nSPS) is 16.0. The van der Waals surface area contributed by atoms with Crippen molar-refractivity contribution in [2.24, 2.45) is 4.99 Å². The lowest BCUT2D eigenvalue weighted by Crippen LogP contribution is -2.38. The molecule has 0 radical (unpaired) electrons. The lowest BCUT2D eigenvalue weighted by molar-refractivity contribution is 0.306. The molecule has 0 N–H and O–H groups in total. The van der Waals surface area contributed by atoms with Crippen LogP contribution in [-0.2, 0) is 13.0 Å². The van der Waals surface area contributed by atoms with E-state index in [0.717, 1.165) is 46.4 Å². The van der Waals surface area contributed by atoms with Gasteiger partial charge in [-0.05, 0) is 83.1 Å². The minimum Gasteiger partial charge on any atom is -0.489 e. The first kappa shape index (κ1) is 25.7. The predicted molar refractivity (Wildman–Crippen MR) is 161 cm³/mol. The van der Waals surface area contributed by atoms with E-state index >= 15 is 0 Å². The van der Waals surface area contributed by atoms with E-state index in [0.29, 0.717) is 26.7 Å². The van der Waals surface area contributed by atoms with Crippen LogP contribution in [-0.4, -0.2) is 4.57 Å². The molecular formula is C34H24ClFN2O2S. The lowest BCUT2D eigenvalue weighted by atomic mass is 9.83. The molecule has 0 unspecified atom stereocenters. The van der Waals surface area contributed by atoms with Gasteiger partial charge in [-0.3, -0.25) is 9.36 Å². The summed E-state index contributed by atoms with van der Waals surface area (Å²) >= 11 is 7.36. The third kappa shape index (κ3) is 4.94. The van der Waals surface area contributed by atoms with Gasteiger partial charge in [0.25, 0.3) is 5.56 Å². The van der Waals surface area contributed by atoms with Crippen LogP contribution in [0.1, 0.15) is 40.3 Å². The van der Waals surface area contributed by atoms with Crippen LogP contribution in [0.25, 0.3) is 11.8 Å². The number of allylic oxidation sites excluding steroid dienone is 1. The highest BCUT2D eigenvalue weighted by atomic mass is 35.5. The Hall–Kier alpha value is -4.26. The Morgan fingerprint density at radius 2 is 1.78 bits per heavy atom. The summed E-state index contributed by atoms with van der Waals surface area (Å²) in [6, 6.07) is 29.7. The predicted octanol–water partition coefficient (Wildman–Crippen LogP) is 6.69. The molecule has 1 atom stereocenters. The first-order chi connectivity index (χ1) is 20.0. The number of rotatable bonds is 5. The van der Waals surface area contributed by atoms with Crippen molar-refractivity contribution in [3.05, 3.63) is 161 Å². The molecule has 2 heterocycles. The maximum Gasteiger partial charge on any atom is 0.271 e. The Kier molecular flexibility index (Phi) is 6.65. The molecule has 0 fully saturated rings. The van der Waals surface area contributed by atoms with Crippen LogP contribution in [0.5, 0.6) is 5.75 Å². The molecule has 41 heavy (non-hydrogen) atoms. The number of nitrogens with zero attached hydrogens (tertiary/aromatic N) is 2. The lowest BCUT2D eigenvalue weighted by Gasteiger charge is -2.30. The van der Waals surface area contributed by atoms with Gasteiger partial charge in [-0.15, -0.1) is 0 Å². The second-order valence-electron chi connectivity index (χ2n) is 10.2. The number of halogens is 2. The Morgan fingerprint density at radius 3 is 2.61 bits per heavy atom. The minimum absolute atomic E-state index is 0.110. The molecule has 0 bridgehead atoms. The van der Waals surface area contributed by atoms with Crippen LogP contribution in [0.3, 0.4) is 0 Å². The molecule has 2 aliphatic rings. The van der Waals surface area contributed by atoms with Crippen molar-refractivity contribution in [1.82, 2.24) is 4.57 Å². The Labute approximate surface area is 245 Å². The van der Waals surface area contributed by atoms with E-state index in [2.05, 4.69) is 12.1 Å². The van der Waals surface area contributed by atoms with E-state index < -0.39 is 0 Å². The van der Waals surface area contributed by atoms with Crippen LogP contribution in [0.15, 0.2) is 112 Å². The average Bonchev–Trinajstić information content (AvgIpc) is 3.30. The van der Waals surface area contributed by atoms with Gasteiger partial charge in [0.2, 0.25) is 0 Å². The van der Waals surface area contributed by atoms with Gasteiger partial charge in [-0.25, -0.2) is 9.38 Å². The summed E-state index contributed by atoms with van der Waals surface area (Å²) in [7, 11) is 0. The molecule has 0 amide bonds. The molecule has 0 saturated carbocycles. The van der Waals surface area contributed by atoms with Crippen molar-refractivity contribution in [2.75, 3.05) is 0 Å². The zero-order chi connectivity index (χ0) is 27.9. The summed E-state index contributed by atoms with van der Waals surface area (Å²) in [6.45, 7) is 0.410. The fourth-order valence-electron chi connectivity index (χ4n) is 5.56. The molecule has 7 rings (SSSR count). The zero-order valence-corrected chi connectivity index (χ0v) is 23.5. The maximum absolute atomic E-state index is 14.0. The van der Waals surface area contributed by atoms with Crippen molar-refractivity contribution in [2.45, 2.75) is 25.5 Å². The van der Waals surface area contributed by atoms with Gasteiger partial charge in [0, 0.05) is 10.6 Å². The highest BCUT2D eigenvalue weighted by Crippen LogP contribution is 2.41. The molecule has 0 spiro atoms. The first-order valence-electron chi connectivity index (χ1n) is 13.4. The van der Waals surface area contributed by atoms with E-state index in [9.17, 15) is 9.18 Å². The first-order valence-corrected chi connectivity index (χ1v) is 14.6. The zero-order valence-electron chi connectivity index (χ0n) is 21.9. The van der Waals surface area contributed by atoms with Crippen LogP contribution >= 0.6 is 22.9 Å². The van der Waals surface area contributed by atoms with Gasteiger partial charge in [-0.2, -0.15) is 0 Å². The summed E-state index contributed by atoms with van der Waals surface area (Å²) in [5, 5.41) is 0.684. The third-order valence-electron chi connectivity index (χ3n) is 7.53. The van der Waals surface area contributed by atoms with Crippen molar-refractivity contribution >= 4 is 34.7 Å². The summed E-state index contributed by atoms with van der Waals surface area (Å²) in [6.07, 6.45) is 3.54. The Bertz CT molecular complexity index is 1990. The monoisotopic (exact) mass is 578 g/mol. The third-order valence-corrected chi connectivity index (χ3v) is 8.77. The molecule has 5 aromatic rings. The number of hydrogen-bond donors (Lipinski definition) is 0. The largest absolute Gasteiger partial charge is 0.489 e. The molecule has 4 aromatic carbocycles. The van der Waals surface area contributed by atoms with Gasteiger partial charge in [0.15, 0.2) is 4.80 Å². The Balaban J connectivity index is 1.30. The summed E-state index contributed by atoms with van der Waals surface area (Å²) < 4.78 is 22.3. The SMILES string of the molecule is O=c1/c(=C/c2cccc(OCc3ccc(Cl)cc3)c2)sc2n1[C@H](c1ccc(F)cc1)C1=C(N=2)c2ccccc2CC1. The number of ether oxygens (including phenoxy) is 1. The van der Waals surface area contributed by atoms with E-state index in [1.54, 1.807) is 16.7 Å². The average molecular weight is 579 g/mol. The maximum atomic E-state index is 14.0. The summed E-state index contributed by atoms with van der Waals surface area (Å²) in [5.74, 6) is 0.403. The van der Waals surface area contributed by atoms with Crippen molar-refractivity contribution < 1.29 is 9.13 Å². The molecule has 1 aliphatic heterocycles. The number of fused-ring (bicyclic) bond motifs is 3. The molecule has 1 aromatic heterocycles. The number of benzene rings is 4. The van der Waals surface area contributed by atoms with Crippen LogP contribution in [0, 0.1) is 5.82 Å². The second kappa shape index (κ2) is 10.6. The van der Waals surface area contributed by atoms with Gasteiger partial charge in [-0.1, -0.05) is 83.6 Å². The van der Waals surface area contributed by atoms with Gasteiger partial charge in [0.1, 0.15) is 18.2 Å². The van der Waals surface area contributed by atoms with Gasteiger partial charge >= 0.3 is 0 Å². The van der Waals surface area contributed by atoms with E-state index in [-0.39, 0.29) is 17.4 Å². The highest BCUT2D eigenvalue weighted by Gasteiger charge is 2.32. The smallest absolute Gasteiger partial charge is 0.271 e. The number of aryl methyl sites for hydroxylation is 1. The topological polar surface area (TPSA) is 43.6 Å². The van der Waals surface area contributed by atoms with E-state index in [1.807, 2.05) is 66.7 Å². The van der Waals surface area contributed by atoms with Gasteiger partial charge in [0.05, 0.1) is 16.3 Å². The highest BCUT2D eigenvalue weighted by molar-refractivity contribution is 7.07. The summed E-state index contributed by atoms with van der Waals surface area (Å²) in [4.78, 5) is 19.6. The van der Waals surface area contributed by atoms with Crippen molar-refractivity contribution in [1.29, 1.82) is 0 Å². The second-order valence-corrected chi connectivity index (χ2v) is 11.6. The molecule has 4 nitrogen and oxygen atoms in total. The molecule has 0 saturated heterocycles. The van der Waals surface area contributed by atoms with E-state index in [1.165, 1.54) is 29.0 Å². The van der Waals surface area contributed by atoms with Crippen LogP contribution in [0.4, 0.5) is 4.39 Å². The molecule has 7 heteroatoms. The number of hydrogen-bond acceptors (Lipinski definition) is 4. The molecule has 1 aliphatic carbocycles. The van der Waals surface area contributed by atoms with Crippen LogP contribution < -0.4 is 19.6 Å². The number of aromatic nitrogens is 1. The van der Waals surface area contributed by atoms with Crippen LogP contribution in [0.2, 0.25) is 5.02 Å². The Morgan fingerprint density at radius 1 is 0.976 bits per heavy atom. The van der Waals surface area contributed by atoms with Gasteiger partial charge < -0.3 is 4.74 Å². The quantitative estimate of drug-likeness (QED) is 0.233. The fourth-order valence-corrected chi connectivity index (χ4v) is 6.69. The summed E-state index contributed by atoms with van der Waals surface area (Å²) in [5.41, 5.74) is 7.00. The van der Waals surface area contributed by atoms with Crippen molar-refractivity contribution in [3.8, 4) is 5.75 Å².